The first-order valence-electron chi connectivity index (χ1n) is 7.42. The summed E-state index contributed by atoms with van der Waals surface area (Å²) in [7, 11) is 0. The number of rotatable bonds is 4. The number of alkyl halides is 3. The van der Waals surface area contributed by atoms with Crippen molar-refractivity contribution in [1.82, 2.24) is 5.32 Å². The molecule has 3 rings (SSSR count). The predicted octanol–water partition coefficient (Wildman–Crippen LogP) is 3.04. The molecule has 1 aliphatic heterocycles. The molecule has 0 bridgehead atoms. The average molecular weight is 353 g/mol. The standard InChI is InChI=1S/C17H14F3NO4/c18-17(19,20)25-12-6-2-1-5-11(12)9-21-16(22)15-10-23-13-7-3-4-8-14(13)24-15/h1-8,15H,9-10H2,(H,21,22). The van der Waals surface area contributed by atoms with E-state index in [-0.39, 0.29) is 24.5 Å². The highest BCUT2D eigenvalue weighted by molar-refractivity contribution is 5.81. The molecule has 0 spiro atoms. The molecule has 1 N–H and O–H groups in total. The van der Waals surface area contributed by atoms with Crippen LogP contribution in [0, 0.1) is 0 Å². The van der Waals surface area contributed by atoms with E-state index in [2.05, 4.69) is 10.1 Å². The van der Waals surface area contributed by atoms with Crippen LogP contribution in [0.25, 0.3) is 0 Å². The van der Waals surface area contributed by atoms with Crippen molar-refractivity contribution in [3.63, 3.8) is 0 Å². The van der Waals surface area contributed by atoms with Gasteiger partial charge >= 0.3 is 6.36 Å². The van der Waals surface area contributed by atoms with E-state index in [1.54, 1.807) is 30.3 Å². The van der Waals surface area contributed by atoms with E-state index in [1.165, 1.54) is 18.2 Å². The van der Waals surface area contributed by atoms with Crippen LogP contribution in [-0.2, 0) is 11.3 Å². The maximum atomic E-state index is 12.4. The Labute approximate surface area is 141 Å². The Morgan fingerprint density at radius 1 is 1.12 bits per heavy atom. The number of nitrogens with one attached hydrogen (secondary N) is 1. The van der Waals surface area contributed by atoms with E-state index in [0.29, 0.717) is 11.5 Å². The van der Waals surface area contributed by atoms with Crippen molar-refractivity contribution in [2.45, 2.75) is 19.0 Å². The summed E-state index contributed by atoms with van der Waals surface area (Å²) in [5.41, 5.74) is 0.199. The fourth-order valence-corrected chi connectivity index (χ4v) is 2.32. The lowest BCUT2D eigenvalue weighted by Gasteiger charge is -2.25. The smallest absolute Gasteiger partial charge is 0.485 e. The molecule has 0 saturated carbocycles. The highest BCUT2D eigenvalue weighted by Gasteiger charge is 2.32. The van der Waals surface area contributed by atoms with Crippen LogP contribution in [0.5, 0.6) is 17.2 Å². The van der Waals surface area contributed by atoms with Gasteiger partial charge in [0.25, 0.3) is 5.91 Å². The molecule has 1 aliphatic rings. The Balaban J connectivity index is 1.62. The molecule has 0 saturated heterocycles. The van der Waals surface area contributed by atoms with Gasteiger partial charge in [-0.2, -0.15) is 0 Å². The normalized spacial score (nSPS) is 16.2. The number of hydrogen-bond donors (Lipinski definition) is 1. The molecule has 1 atom stereocenters. The van der Waals surface area contributed by atoms with Crippen molar-refractivity contribution in [1.29, 1.82) is 0 Å². The van der Waals surface area contributed by atoms with Crippen LogP contribution >= 0.6 is 0 Å². The van der Waals surface area contributed by atoms with Crippen LogP contribution in [0.4, 0.5) is 13.2 Å². The summed E-state index contributed by atoms with van der Waals surface area (Å²) in [6, 6.07) is 12.5. The number of halogens is 3. The van der Waals surface area contributed by atoms with E-state index in [0.717, 1.165) is 0 Å². The zero-order valence-corrected chi connectivity index (χ0v) is 12.9. The van der Waals surface area contributed by atoms with Gasteiger partial charge in [-0.05, 0) is 18.2 Å². The zero-order valence-electron chi connectivity index (χ0n) is 12.9. The van der Waals surface area contributed by atoms with E-state index < -0.39 is 18.4 Å². The van der Waals surface area contributed by atoms with Crippen LogP contribution in [0.3, 0.4) is 0 Å². The molecule has 0 fully saturated rings. The lowest BCUT2D eigenvalue weighted by molar-refractivity contribution is -0.274. The highest BCUT2D eigenvalue weighted by atomic mass is 19.4. The summed E-state index contributed by atoms with van der Waals surface area (Å²) in [5, 5.41) is 2.53. The van der Waals surface area contributed by atoms with Crippen LogP contribution in [0.15, 0.2) is 48.5 Å². The van der Waals surface area contributed by atoms with Crippen molar-refractivity contribution in [2.75, 3.05) is 6.61 Å². The molecule has 0 aliphatic carbocycles. The monoisotopic (exact) mass is 353 g/mol. The number of carbonyl (C=O) groups excluding carboxylic acids is 1. The fraction of sp³-hybridized carbons (Fsp3) is 0.235. The summed E-state index contributed by atoms with van der Waals surface area (Å²) in [5.74, 6) is 0.128. The molecular formula is C17H14F3NO4. The van der Waals surface area contributed by atoms with Crippen LogP contribution in [0.1, 0.15) is 5.56 Å². The number of benzene rings is 2. The van der Waals surface area contributed by atoms with Gasteiger partial charge in [-0.3, -0.25) is 4.79 Å². The first-order chi connectivity index (χ1) is 11.9. The van der Waals surface area contributed by atoms with Crippen molar-refractivity contribution in [3.05, 3.63) is 54.1 Å². The minimum Gasteiger partial charge on any atom is -0.485 e. The van der Waals surface area contributed by atoms with Crippen LogP contribution in [0.2, 0.25) is 0 Å². The predicted molar refractivity (Wildman–Crippen MR) is 81.3 cm³/mol. The molecule has 1 unspecified atom stereocenters. The van der Waals surface area contributed by atoms with Crippen molar-refractivity contribution < 1.29 is 32.2 Å². The Hall–Kier alpha value is -2.90. The number of fused-ring (bicyclic) bond motifs is 1. The molecular weight excluding hydrogens is 339 g/mol. The molecule has 5 nitrogen and oxygen atoms in total. The SMILES string of the molecule is O=C(NCc1ccccc1OC(F)(F)F)C1COc2ccccc2O1. The number of amides is 1. The molecule has 2 aromatic rings. The van der Waals surface area contributed by atoms with Gasteiger partial charge < -0.3 is 19.5 Å². The molecule has 8 heteroatoms. The number of ether oxygens (including phenoxy) is 3. The van der Waals surface area contributed by atoms with Gasteiger partial charge in [-0.15, -0.1) is 13.2 Å². The van der Waals surface area contributed by atoms with Gasteiger partial charge in [0.05, 0.1) is 0 Å². The molecule has 1 heterocycles. The first-order valence-corrected chi connectivity index (χ1v) is 7.42. The number of para-hydroxylation sites is 3. The largest absolute Gasteiger partial charge is 0.573 e. The summed E-state index contributed by atoms with van der Waals surface area (Å²) in [4.78, 5) is 12.2. The second-order valence-corrected chi connectivity index (χ2v) is 5.24. The summed E-state index contributed by atoms with van der Waals surface area (Å²) < 4.78 is 52.2. The number of hydrogen-bond acceptors (Lipinski definition) is 4. The van der Waals surface area contributed by atoms with Gasteiger partial charge in [-0.1, -0.05) is 30.3 Å². The molecule has 132 valence electrons. The van der Waals surface area contributed by atoms with Gasteiger partial charge in [0, 0.05) is 12.1 Å². The van der Waals surface area contributed by atoms with Gasteiger partial charge in [-0.25, -0.2) is 0 Å². The van der Waals surface area contributed by atoms with Gasteiger partial charge in [0.1, 0.15) is 12.4 Å². The summed E-state index contributed by atoms with van der Waals surface area (Å²) >= 11 is 0. The molecule has 25 heavy (non-hydrogen) atoms. The Morgan fingerprint density at radius 2 is 1.80 bits per heavy atom. The molecule has 1 amide bonds. The minimum absolute atomic E-state index is 0.0174. The van der Waals surface area contributed by atoms with E-state index in [1.807, 2.05) is 0 Å². The van der Waals surface area contributed by atoms with Crippen LogP contribution < -0.4 is 19.5 Å². The Kier molecular flexibility index (Phi) is 4.69. The minimum atomic E-state index is -4.80. The zero-order chi connectivity index (χ0) is 17.9. The van der Waals surface area contributed by atoms with Gasteiger partial charge in [0.15, 0.2) is 11.5 Å². The Morgan fingerprint density at radius 3 is 2.56 bits per heavy atom. The maximum absolute atomic E-state index is 12.4. The van der Waals surface area contributed by atoms with Crippen molar-refractivity contribution >= 4 is 5.91 Å². The second kappa shape index (κ2) is 6.92. The lowest BCUT2D eigenvalue weighted by Crippen LogP contribution is -2.43. The summed E-state index contributed by atoms with van der Waals surface area (Å²) in [6.07, 6.45) is -5.69. The second-order valence-electron chi connectivity index (χ2n) is 5.24. The lowest BCUT2D eigenvalue weighted by atomic mass is 10.2. The molecule has 0 aromatic heterocycles. The number of carbonyl (C=O) groups is 1. The summed E-state index contributed by atoms with van der Waals surface area (Å²) in [6.45, 7) is -0.115. The van der Waals surface area contributed by atoms with Gasteiger partial charge in [0.2, 0.25) is 6.10 Å². The third-order valence-corrected chi connectivity index (χ3v) is 3.45. The maximum Gasteiger partial charge on any atom is 0.573 e. The highest BCUT2D eigenvalue weighted by Crippen LogP contribution is 2.31. The topological polar surface area (TPSA) is 56.8 Å². The van der Waals surface area contributed by atoms with Crippen molar-refractivity contribution in [3.8, 4) is 17.2 Å². The van der Waals surface area contributed by atoms with Crippen molar-refractivity contribution in [2.24, 2.45) is 0 Å². The Bertz CT molecular complexity index is 764. The first kappa shape index (κ1) is 16.9. The fourth-order valence-electron chi connectivity index (χ4n) is 2.32. The van der Waals surface area contributed by atoms with E-state index in [4.69, 9.17) is 9.47 Å². The van der Waals surface area contributed by atoms with Crippen LogP contribution in [-0.4, -0.2) is 25.0 Å². The average Bonchev–Trinajstić information content (AvgIpc) is 2.59. The quantitative estimate of drug-likeness (QED) is 0.918. The van der Waals surface area contributed by atoms with E-state index >= 15 is 0 Å². The third kappa shape index (κ3) is 4.34. The third-order valence-electron chi connectivity index (χ3n) is 3.45. The molecule has 2 aromatic carbocycles. The molecule has 0 radical (unpaired) electrons. The van der Waals surface area contributed by atoms with E-state index in [9.17, 15) is 18.0 Å².